The Balaban J connectivity index is 0.00000140. The van der Waals surface area contributed by atoms with Crippen molar-refractivity contribution in [1.82, 2.24) is 0 Å². The molecule has 2 aliphatic carbocycles. The maximum Gasteiger partial charge on any atom is -1.00 e. The molecule has 0 bridgehead atoms. The summed E-state index contributed by atoms with van der Waals surface area (Å²) < 4.78 is 8.62. The first-order valence-electron chi connectivity index (χ1n) is 9.49. The van der Waals surface area contributed by atoms with E-state index in [0.29, 0.717) is 3.63 Å². The summed E-state index contributed by atoms with van der Waals surface area (Å²) in [5.41, 5.74) is 5.88. The Hall–Kier alpha value is -1.06. The largest absolute Gasteiger partial charge is 1.00 e. The van der Waals surface area contributed by atoms with Crippen LogP contribution in [-0.2, 0) is 20.3 Å². The van der Waals surface area contributed by atoms with Gasteiger partial charge in [0.2, 0.25) is 0 Å². The van der Waals surface area contributed by atoms with Crippen molar-refractivity contribution >= 4 is 0 Å². The molecule has 0 N–H and O–H groups in total. The Bertz CT molecular complexity index is 940. The van der Waals surface area contributed by atoms with Gasteiger partial charge in [-0.1, -0.05) is 7.43 Å². The first kappa shape index (κ1) is 26.0. The normalized spacial score (nSPS) is 14.8. The molecular formula is C26H30Cl2Zr. The van der Waals surface area contributed by atoms with Gasteiger partial charge in [-0.05, 0) is 0 Å². The van der Waals surface area contributed by atoms with Crippen molar-refractivity contribution < 1.29 is 45.1 Å². The van der Waals surface area contributed by atoms with Gasteiger partial charge in [0.25, 0.3) is 0 Å². The van der Waals surface area contributed by atoms with Crippen molar-refractivity contribution in [2.45, 2.75) is 42.9 Å². The maximum atomic E-state index is 3.95. The Morgan fingerprint density at radius 3 is 1.86 bits per heavy atom. The van der Waals surface area contributed by atoms with Crippen molar-refractivity contribution in [2.24, 2.45) is 5.41 Å². The summed E-state index contributed by atoms with van der Waals surface area (Å²) in [4.78, 5) is 0. The van der Waals surface area contributed by atoms with Crippen molar-refractivity contribution in [3.05, 3.63) is 81.2 Å². The third-order valence-corrected chi connectivity index (χ3v) is 15.7. The molecule has 4 rings (SSSR count). The van der Waals surface area contributed by atoms with Crippen LogP contribution in [0.15, 0.2) is 70.0 Å². The van der Waals surface area contributed by atoms with Crippen molar-refractivity contribution in [1.29, 1.82) is 0 Å². The van der Waals surface area contributed by atoms with Gasteiger partial charge >= 0.3 is 163 Å². The van der Waals surface area contributed by atoms with Crippen LogP contribution in [0, 0.1) is 15.0 Å². The molecule has 2 aromatic carbocycles. The second kappa shape index (κ2) is 9.83. The molecule has 0 heterocycles. The Labute approximate surface area is 194 Å². The van der Waals surface area contributed by atoms with Gasteiger partial charge in [0.1, 0.15) is 0 Å². The van der Waals surface area contributed by atoms with E-state index in [2.05, 4.69) is 102 Å². The van der Waals surface area contributed by atoms with Crippen molar-refractivity contribution in [2.75, 3.05) is 0 Å². The molecule has 0 saturated heterocycles. The number of halogens is 2. The Kier molecular flexibility index (Phi) is 8.81. The van der Waals surface area contributed by atoms with Gasteiger partial charge in [0, 0.05) is 0 Å². The van der Waals surface area contributed by atoms with Crippen LogP contribution >= 0.6 is 0 Å². The van der Waals surface area contributed by atoms with Crippen LogP contribution in [0.2, 0.25) is 4.63 Å². The van der Waals surface area contributed by atoms with Gasteiger partial charge in [0.15, 0.2) is 0 Å². The molecule has 29 heavy (non-hydrogen) atoms. The summed E-state index contributed by atoms with van der Waals surface area (Å²) in [6.07, 6.45) is 8.00. The predicted molar refractivity (Wildman–Crippen MR) is 115 cm³/mol. The fraction of sp³-hybridized carbons (Fsp3) is 0.308. The minimum atomic E-state index is -3.00. The topological polar surface area (TPSA) is 0 Å². The molecule has 2 aromatic rings. The standard InChI is InChI=1S/C13H9.C6H9.C5H5.CH4.CH3.2ClH.Zr/c1-3-7-12-10(5-1)9-11-6-2-4-8-13(11)12;1-5-6(2,3)4;1-2-4-5-3-1;;;;;/h1-9H;2-4H3;1-3H,4H2;1H4;1H3;2*1H;/q;;;;;;;+2/p-2. The fourth-order valence-corrected chi connectivity index (χ4v) is 14.2. The molecule has 0 fully saturated rings. The molecule has 3 heteroatoms. The molecule has 1 unspecified atom stereocenters. The Morgan fingerprint density at radius 2 is 1.41 bits per heavy atom. The number of benzene rings is 2. The van der Waals surface area contributed by atoms with Gasteiger partial charge in [-0.25, -0.2) is 0 Å². The number of allylic oxidation sites excluding steroid dienone is 4. The van der Waals surface area contributed by atoms with Gasteiger partial charge in [-0.2, -0.15) is 0 Å². The number of hydrogen-bond donors (Lipinski definition) is 0. The summed E-state index contributed by atoms with van der Waals surface area (Å²) >= 11 is -3.00. The predicted octanol–water partition coefficient (Wildman–Crippen LogP) is 1.45. The number of rotatable bonds is 2. The first-order chi connectivity index (χ1) is 12.4. The van der Waals surface area contributed by atoms with Gasteiger partial charge < -0.3 is 24.8 Å². The van der Waals surface area contributed by atoms with E-state index in [-0.39, 0.29) is 37.7 Å². The Morgan fingerprint density at radius 1 is 0.897 bits per heavy atom. The minimum absolute atomic E-state index is 0. The molecule has 2 aliphatic rings. The summed E-state index contributed by atoms with van der Waals surface area (Å²) in [6, 6.07) is 18.0. The molecule has 0 radical (unpaired) electrons. The monoisotopic (exact) mass is 502 g/mol. The van der Waals surface area contributed by atoms with E-state index in [9.17, 15) is 0 Å². The average Bonchev–Trinajstić information content (AvgIpc) is 3.26. The van der Waals surface area contributed by atoms with Crippen LogP contribution in [0.4, 0.5) is 0 Å². The first-order valence-corrected chi connectivity index (χ1v) is 15.8. The van der Waals surface area contributed by atoms with Crippen LogP contribution in [0.1, 0.15) is 49.4 Å². The zero-order valence-corrected chi connectivity index (χ0v) is 20.9. The van der Waals surface area contributed by atoms with Crippen LogP contribution in [0.5, 0.6) is 0 Å². The number of hydrogen-bond acceptors (Lipinski definition) is 0. The summed E-state index contributed by atoms with van der Waals surface area (Å²) in [6.45, 7) is 6.68. The average molecular weight is 505 g/mol. The molecule has 0 saturated carbocycles. The third kappa shape index (κ3) is 4.82. The van der Waals surface area contributed by atoms with Crippen molar-refractivity contribution in [3.63, 3.8) is 0 Å². The molecule has 152 valence electrons. The quantitative estimate of drug-likeness (QED) is 0.544. The smallest absolute Gasteiger partial charge is 1.00 e. The van der Waals surface area contributed by atoms with E-state index in [1.165, 1.54) is 22.3 Å². The van der Waals surface area contributed by atoms with E-state index >= 15 is 0 Å². The molecule has 0 spiro atoms. The molecule has 0 aliphatic heterocycles. The van der Waals surface area contributed by atoms with Gasteiger partial charge in [0.05, 0.1) is 0 Å². The van der Waals surface area contributed by atoms with Crippen LogP contribution in [-0.4, -0.2) is 0 Å². The number of fused-ring (bicyclic) bond motifs is 3. The van der Waals surface area contributed by atoms with Crippen LogP contribution in [0.25, 0.3) is 11.1 Å². The summed E-state index contributed by atoms with van der Waals surface area (Å²) in [5.74, 6) is 3.65. The third-order valence-electron chi connectivity index (χ3n) is 5.55. The minimum Gasteiger partial charge on any atom is -1.00 e. The molecule has 1 atom stereocenters. The van der Waals surface area contributed by atoms with Crippen LogP contribution in [0.3, 0.4) is 0 Å². The molecule has 0 aromatic heterocycles. The second-order valence-corrected chi connectivity index (χ2v) is 18.2. The SMILES string of the molecule is C.CC(C)(C)C#[C][Zr+2]([CH3])([C]1=CC=CC1)[CH]1c2ccccc2-c2ccccc21.[Cl-].[Cl-]. The molecule has 0 nitrogen and oxygen atoms in total. The van der Waals surface area contributed by atoms with E-state index in [1.807, 2.05) is 0 Å². The van der Waals surface area contributed by atoms with Crippen LogP contribution < -0.4 is 24.8 Å². The second-order valence-electron chi connectivity index (χ2n) is 8.63. The molecule has 0 amide bonds. The summed E-state index contributed by atoms with van der Waals surface area (Å²) in [5, 5.41) is 0. The fourth-order valence-electron chi connectivity index (χ4n) is 4.27. The van der Waals surface area contributed by atoms with E-state index in [4.69, 9.17) is 0 Å². The van der Waals surface area contributed by atoms with Gasteiger partial charge in [-0.3, -0.25) is 0 Å². The van der Waals surface area contributed by atoms with Crippen molar-refractivity contribution in [3.8, 4) is 20.7 Å². The van der Waals surface area contributed by atoms with Gasteiger partial charge in [-0.15, -0.1) is 0 Å². The van der Waals surface area contributed by atoms with E-state index < -0.39 is 20.3 Å². The maximum absolute atomic E-state index is 3.95. The molecular weight excluding hydrogens is 474 g/mol. The zero-order chi connectivity index (χ0) is 18.4. The summed E-state index contributed by atoms with van der Waals surface area (Å²) in [7, 11) is 0. The van der Waals surface area contributed by atoms with E-state index in [1.54, 1.807) is 3.28 Å². The van der Waals surface area contributed by atoms with E-state index in [0.717, 1.165) is 6.42 Å². The zero-order valence-electron chi connectivity index (χ0n) is 16.9.